The average molecular weight is 253 g/mol. The molecule has 0 unspecified atom stereocenters. The van der Waals surface area contributed by atoms with Crippen molar-refractivity contribution < 1.29 is 22.3 Å². The fraction of sp³-hybridized carbons (Fsp3) is 0.556. The van der Waals surface area contributed by atoms with Crippen LogP contribution in [0.2, 0.25) is 0 Å². The number of alkyl halides is 4. The number of aryl methyl sites for hydroxylation is 1. The molecule has 1 heterocycles. The number of hydrogen-bond acceptors (Lipinski definition) is 4. The maximum Gasteiger partial charge on any atom is 0.330 e. The van der Waals surface area contributed by atoms with Crippen LogP contribution < -0.4 is 5.73 Å². The van der Waals surface area contributed by atoms with Crippen LogP contribution in [0.3, 0.4) is 0 Å². The van der Waals surface area contributed by atoms with Crippen molar-refractivity contribution in [1.29, 1.82) is 0 Å². The van der Waals surface area contributed by atoms with Crippen molar-refractivity contribution >= 4 is 5.69 Å². The largest absolute Gasteiger partial charge is 0.396 e. The van der Waals surface area contributed by atoms with E-state index in [0.717, 1.165) is 0 Å². The van der Waals surface area contributed by atoms with Crippen molar-refractivity contribution in [3.63, 3.8) is 0 Å². The molecule has 0 saturated carbocycles. The Labute approximate surface area is 94.8 Å². The van der Waals surface area contributed by atoms with Crippen molar-refractivity contribution in [3.05, 3.63) is 17.7 Å². The molecule has 0 saturated heterocycles. The highest BCUT2D eigenvalue weighted by atomic mass is 19.3. The van der Waals surface area contributed by atoms with E-state index in [1.54, 1.807) is 6.92 Å². The van der Waals surface area contributed by atoms with Crippen LogP contribution in [0.4, 0.5) is 23.2 Å². The molecule has 1 aromatic rings. The first kappa shape index (κ1) is 13.6. The quantitative estimate of drug-likeness (QED) is 0.812. The fourth-order valence-electron chi connectivity index (χ4n) is 0.935. The molecular formula is C9H11F4N3O. The van der Waals surface area contributed by atoms with Crippen LogP contribution in [0, 0.1) is 6.92 Å². The molecule has 0 aromatic carbocycles. The van der Waals surface area contributed by atoms with E-state index in [-0.39, 0.29) is 12.4 Å². The van der Waals surface area contributed by atoms with Crippen LogP contribution in [0.5, 0.6) is 0 Å². The molecule has 0 atom stereocenters. The average Bonchev–Trinajstić information content (AvgIpc) is 2.23. The van der Waals surface area contributed by atoms with Gasteiger partial charge < -0.3 is 10.5 Å². The molecule has 0 aliphatic carbocycles. The number of rotatable bonds is 5. The number of hydrogen-bond donors (Lipinski definition) is 1. The Morgan fingerprint density at radius 1 is 1.47 bits per heavy atom. The molecule has 0 bridgehead atoms. The molecule has 96 valence electrons. The van der Waals surface area contributed by atoms with Gasteiger partial charge in [0.2, 0.25) is 0 Å². The van der Waals surface area contributed by atoms with Gasteiger partial charge in [-0.25, -0.2) is 18.7 Å². The highest BCUT2D eigenvalue weighted by Gasteiger charge is 2.40. The van der Waals surface area contributed by atoms with Gasteiger partial charge in [-0.3, -0.25) is 0 Å². The minimum Gasteiger partial charge on any atom is -0.396 e. The van der Waals surface area contributed by atoms with E-state index >= 15 is 0 Å². The molecular weight excluding hydrogens is 242 g/mol. The number of nitrogens with zero attached hydrogens (tertiary/aromatic N) is 2. The van der Waals surface area contributed by atoms with Crippen LogP contribution in [-0.2, 0) is 11.3 Å². The summed E-state index contributed by atoms with van der Waals surface area (Å²) in [4.78, 5) is 7.55. The normalized spacial score (nSPS) is 12.1. The summed E-state index contributed by atoms with van der Waals surface area (Å²) >= 11 is 0. The second-order valence-electron chi connectivity index (χ2n) is 3.38. The standard InChI is InChI=1S/C9H11F4N3O/c1-5-6(14)2-15-7(16-5)3-17-4-9(12,13)8(10)11/h2,8H,3-4,14H2,1H3. The molecule has 0 fully saturated rings. The first-order valence-electron chi connectivity index (χ1n) is 4.64. The molecule has 0 radical (unpaired) electrons. The Balaban J connectivity index is 2.49. The number of aromatic nitrogens is 2. The van der Waals surface area contributed by atoms with Crippen LogP contribution >= 0.6 is 0 Å². The predicted molar refractivity (Wildman–Crippen MR) is 51.8 cm³/mol. The van der Waals surface area contributed by atoms with Gasteiger partial charge in [0.05, 0.1) is 17.6 Å². The second kappa shape index (κ2) is 5.26. The van der Waals surface area contributed by atoms with Crippen molar-refractivity contribution in [1.82, 2.24) is 9.97 Å². The monoisotopic (exact) mass is 253 g/mol. The number of nitrogen functional groups attached to an aromatic ring is 1. The lowest BCUT2D eigenvalue weighted by Gasteiger charge is -2.14. The molecule has 4 nitrogen and oxygen atoms in total. The summed E-state index contributed by atoms with van der Waals surface area (Å²) in [6, 6.07) is 0. The zero-order chi connectivity index (χ0) is 13.1. The lowest BCUT2D eigenvalue weighted by atomic mass is 10.4. The third-order valence-electron chi connectivity index (χ3n) is 1.91. The Hall–Kier alpha value is -1.44. The second-order valence-corrected chi connectivity index (χ2v) is 3.38. The van der Waals surface area contributed by atoms with Crippen LogP contribution in [0.25, 0.3) is 0 Å². The summed E-state index contributed by atoms with van der Waals surface area (Å²) in [6.45, 7) is -0.144. The Morgan fingerprint density at radius 3 is 2.65 bits per heavy atom. The number of anilines is 1. The third kappa shape index (κ3) is 3.81. The Morgan fingerprint density at radius 2 is 2.12 bits per heavy atom. The van der Waals surface area contributed by atoms with Gasteiger partial charge in [-0.1, -0.05) is 0 Å². The predicted octanol–water partition coefficient (Wildman–Crippen LogP) is 1.78. The lowest BCUT2D eigenvalue weighted by molar-refractivity contribution is -0.168. The maximum atomic E-state index is 12.5. The zero-order valence-electron chi connectivity index (χ0n) is 8.96. The molecule has 0 aliphatic rings. The van der Waals surface area contributed by atoms with Crippen molar-refractivity contribution in [2.24, 2.45) is 0 Å². The molecule has 2 N–H and O–H groups in total. The summed E-state index contributed by atoms with van der Waals surface area (Å²) in [5.41, 5.74) is 6.27. The van der Waals surface area contributed by atoms with Gasteiger partial charge in [-0.15, -0.1) is 0 Å². The summed E-state index contributed by atoms with van der Waals surface area (Å²) < 4.78 is 52.9. The van der Waals surface area contributed by atoms with Crippen molar-refractivity contribution in [3.8, 4) is 0 Å². The summed E-state index contributed by atoms with van der Waals surface area (Å²) in [5, 5.41) is 0. The molecule has 17 heavy (non-hydrogen) atoms. The smallest absolute Gasteiger partial charge is 0.330 e. The van der Waals surface area contributed by atoms with Gasteiger partial charge in [-0.05, 0) is 6.92 Å². The van der Waals surface area contributed by atoms with Crippen molar-refractivity contribution in [2.75, 3.05) is 12.3 Å². The van der Waals surface area contributed by atoms with E-state index in [0.29, 0.717) is 11.4 Å². The van der Waals surface area contributed by atoms with E-state index in [2.05, 4.69) is 14.7 Å². The van der Waals surface area contributed by atoms with E-state index in [9.17, 15) is 17.6 Å². The number of nitrogens with two attached hydrogens (primary N) is 1. The Bertz CT molecular complexity index is 387. The lowest BCUT2D eigenvalue weighted by Crippen LogP contribution is -2.32. The molecule has 8 heteroatoms. The van der Waals surface area contributed by atoms with Gasteiger partial charge in [0, 0.05) is 0 Å². The minimum atomic E-state index is -4.16. The summed E-state index contributed by atoms with van der Waals surface area (Å²) in [5.74, 6) is -4.05. The zero-order valence-corrected chi connectivity index (χ0v) is 8.96. The summed E-state index contributed by atoms with van der Waals surface area (Å²) in [6.07, 6.45) is -2.46. The van der Waals surface area contributed by atoms with E-state index < -0.39 is 19.0 Å². The molecule has 0 spiro atoms. The van der Waals surface area contributed by atoms with Crippen LogP contribution in [-0.4, -0.2) is 28.9 Å². The van der Waals surface area contributed by atoms with Gasteiger partial charge in [0.15, 0.2) is 5.82 Å². The van der Waals surface area contributed by atoms with Gasteiger partial charge >= 0.3 is 12.3 Å². The van der Waals surface area contributed by atoms with Gasteiger partial charge in [0.25, 0.3) is 0 Å². The van der Waals surface area contributed by atoms with E-state index in [1.165, 1.54) is 6.20 Å². The maximum absolute atomic E-state index is 12.5. The highest BCUT2D eigenvalue weighted by molar-refractivity contribution is 5.38. The first-order valence-corrected chi connectivity index (χ1v) is 4.64. The molecule has 1 rings (SSSR count). The van der Waals surface area contributed by atoms with Crippen molar-refractivity contribution in [2.45, 2.75) is 25.9 Å². The van der Waals surface area contributed by atoms with Crippen LogP contribution in [0.1, 0.15) is 11.5 Å². The number of ether oxygens (including phenoxy) is 1. The Kier molecular flexibility index (Phi) is 4.22. The molecule has 0 aliphatic heterocycles. The molecule has 1 aromatic heterocycles. The number of halogens is 4. The van der Waals surface area contributed by atoms with Crippen LogP contribution in [0.15, 0.2) is 6.20 Å². The fourth-order valence-corrected chi connectivity index (χ4v) is 0.935. The molecule has 0 amide bonds. The highest BCUT2D eigenvalue weighted by Crippen LogP contribution is 2.23. The minimum absolute atomic E-state index is 0.113. The van der Waals surface area contributed by atoms with E-state index in [1.807, 2.05) is 0 Å². The topological polar surface area (TPSA) is 61.0 Å². The third-order valence-corrected chi connectivity index (χ3v) is 1.91. The van der Waals surface area contributed by atoms with Gasteiger partial charge in [-0.2, -0.15) is 8.78 Å². The van der Waals surface area contributed by atoms with E-state index in [4.69, 9.17) is 5.73 Å². The summed E-state index contributed by atoms with van der Waals surface area (Å²) in [7, 11) is 0. The van der Waals surface area contributed by atoms with Gasteiger partial charge in [0.1, 0.15) is 13.2 Å². The SMILES string of the molecule is Cc1nc(COCC(F)(F)C(F)F)ncc1N. The first-order chi connectivity index (χ1) is 7.83.